The maximum atomic E-state index is 3.79. The number of fused-ring (bicyclic) bond motifs is 1. The van der Waals surface area contributed by atoms with Gasteiger partial charge in [0.25, 0.3) is 0 Å². The lowest BCUT2D eigenvalue weighted by molar-refractivity contribution is -0.439. The van der Waals surface area contributed by atoms with E-state index < -0.39 is 0 Å². The Bertz CT molecular complexity index is 480. The molecule has 0 unspecified atom stereocenters. The van der Waals surface area contributed by atoms with Gasteiger partial charge in [-0.15, -0.1) is 6.58 Å². The minimum atomic E-state index is 0.176. The van der Waals surface area contributed by atoms with Crippen LogP contribution >= 0.6 is 0 Å². The molecule has 1 aromatic carbocycles. The summed E-state index contributed by atoms with van der Waals surface area (Å²) < 4.78 is 2.50. The summed E-state index contributed by atoms with van der Waals surface area (Å²) in [5.74, 6) is 0. The number of para-hydroxylation sites is 1. The summed E-state index contributed by atoms with van der Waals surface area (Å²) >= 11 is 0. The minimum absolute atomic E-state index is 0.176. The van der Waals surface area contributed by atoms with E-state index >= 15 is 0 Å². The Labute approximate surface area is 111 Å². The van der Waals surface area contributed by atoms with E-state index in [1.54, 1.807) is 0 Å². The SMILES string of the molecule is C=CCCCC[N+]1=C(C)C(C)(C)c2ccccc21. The van der Waals surface area contributed by atoms with Crippen LogP contribution in [0, 0.1) is 0 Å². The van der Waals surface area contributed by atoms with Crippen molar-refractivity contribution in [3.05, 3.63) is 42.5 Å². The molecule has 0 aromatic heterocycles. The summed E-state index contributed by atoms with van der Waals surface area (Å²) in [5, 5.41) is 0. The second-order valence-electron chi connectivity index (χ2n) is 5.66. The molecule has 0 radical (unpaired) electrons. The monoisotopic (exact) mass is 242 g/mol. The molecule has 1 nitrogen and oxygen atoms in total. The van der Waals surface area contributed by atoms with E-state index in [4.69, 9.17) is 0 Å². The molecule has 1 heteroatoms. The maximum absolute atomic E-state index is 3.79. The summed E-state index contributed by atoms with van der Waals surface area (Å²) in [6.45, 7) is 11.8. The van der Waals surface area contributed by atoms with Crippen molar-refractivity contribution >= 4 is 11.4 Å². The van der Waals surface area contributed by atoms with E-state index in [9.17, 15) is 0 Å². The van der Waals surface area contributed by atoms with Crippen LogP contribution in [0.5, 0.6) is 0 Å². The molecule has 0 atom stereocenters. The van der Waals surface area contributed by atoms with E-state index in [1.165, 1.54) is 29.8 Å². The third-order valence-electron chi connectivity index (χ3n) is 4.22. The molecule has 0 amide bonds. The highest BCUT2D eigenvalue weighted by Gasteiger charge is 2.42. The van der Waals surface area contributed by atoms with Crippen LogP contribution in [0.25, 0.3) is 0 Å². The predicted octanol–water partition coefficient (Wildman–Crippen LogP) is 4.44. The van der Waals surface area contributed by atoms with Crippen LogP contribution in [0.3, 0.4) is 0 Å². The van der Waals surface area contributed by atoms with E-state index in [0.29, 0.717) is 0 Å². The largest absolute Gasteiger partial charge is 0.209 e. The molecule has 0 bridgehead atoms. The number of allylic oxidation sites excluding steroid dienone is 1. The quantitative estimate of drug-likeness (QED) is 0.408. The van der Waals surface area contributed by atoms with Crippen molar-refractivity contribution in [3.63, 3.8) is 0 Å². The molecule has 1 aliphatic heterocycles. The van der Waals surface area contributed by atoms with E-state index in [0.717, 1.165) is 13.0 Å². The smallest absolute Gasteiger partial charge is 0.199 e. The summed E-state index contributed by atoms with van der Waals surface area (Å²) in [7, 11) is 0. The van der Waals surface area contributed by atoms with Gasteiger partial charge >= 0.3 is 0 Å². The van der Waals surface area contributed by atoms with Gasteiger partial charge < -0.3 is 0 Å². The summed E-state index contributed by atoms with van der Waals surface area (Å²) in [6, 6.07) is 8.81. The minimum Gasteiger partial charge on any atom is -0.199 e. The van der Waals surface area contributed by atoms with Gasteiger partial charge in [-0.1, -0.05) is 24.3 Å². The van der Waals surface area contributed by atoms with Crippen LogP contribution in [0.15, 0.2) is 36.9 Å². The Morgan fingerprint density at radius 3 is 2.67 bits per heavy atom. The number of unbranched alkanes of at least 4 members (excludes halogenated alkanes) is 2. The highest BCUT2D eigenvalue weighted by atomic mass is 15.1. The summed E-state index contributed by atoms with van der Waals surface area (Å²) in [5.41, 5.74) is 4.52. The standard InChI is InChI=1S/C17H24N/c1-5-6-7-10-13-18-14(2)17(3,4)15-11-8-9-12-16(15)18/h5,8-9,11-12H,1,6-7,10,13H2,2-4H3/q+1. The lowest BCUT2D eigenvalue weighted by Gasteiger charge is -2.14. The van der Waals surface area contributed by atoms with Crippen molar-refractivity contribution in [2.75, 3.05) is 6.54 Å². The predicted molar refractivity (Wildman–Crippen MR) is 79.0 cm³/mol. The van der Waals surface area contributed by atoms with E-state index in [-0.39, 0.29) is 5.41 Å². The van der Waals surface area contributed by atoms with Crippen LogP contribution in [-0.4, -0.2) is 16.8 Å². The first-order chi connectivity index (χ1) is 8.59. The normalized spacial score (nSPS) is 16.8. The first-order valence-electron chi connectivity index (χ1n) is 6.91. The third-order valence-corrected chi connectivity index (χ3v) is 4.22. The third kappa shape index (κ3) is 2.14. The fourth-order valence-electron chi connectivity index (χ4n) is 2.80. The number of hydrogen-bond acceptors (Lipinski definition) is 0. The molecule has 0 N–H and O–H groups in total. The molecular weight excluding hydrogens is 218 g/mol. The van der Waals surface area contributed by atoms with Gasteiger partial charge in [0.2, 0.25) is 5.69 Å². The Kier molecular flexibility index (Phi) is 3.70. The molecule has 1 aromatic rings. The molecule has 1 aliphatic rings. The van der Waals surface area contributed by atoms with Gasteiger partial charge in [-0.05, 0) is 26.7 Å². The maximum Gasteiger partial charge on any atom is 0.209 e. The number of hydrogen-bond donors (Lipinski definition) is 0. The van der Waals surface area contributed by atoms with Crippen LogP contribution in [0.2, 0.25) is 0 Å². The average molecular weight is 242 g/mol. The Hall–Kier alpha value is -1.37. The second-order valence-corrected chi connectivity index (χ2v) is 5.66. The van der Waals surface area contributed by atoms with Crippen molar-refractivity contribution in [1.29, 1.82) is 0 Å². The van der Waals surface area contributed by atoms with Gasteiger partial charge in [0.05, 0.1) is 5.41 Å². The lowest BCUT2D eigenvalue weighted by Crippen LogP contribution is -2.26. The zero-order valence-electron chi connectivity index (χ0n) is 11.9. The molecule has 2 rings (SSSR count). The van der Waals surface area contributed by atoms with Crippen molar-refractivity contribution in [3.8, 4) is 0 Å². The fourth-order valence-corrected chi connectivity index (χ4v) is 2.80. The Balaban J connectivity index is 2.23. The average Bonchev–Trinajstić information content (AvgIpc) is 2.56. The van der Waals surface area contributed by atoms with Gasteiger partial charge in [0.1, 0.15) is 6.54 Å². The van der Waals surface area contributed by atoms with Crippen molar-refractivity contribution in [2.45, 2.75) is 45.4 Å². The van der Waals surface area contributed by atoms with Gasteiger partial charge in [-0.25, -0.2) is 0 Å². The van der Waals surface area contributed by atoms with Gasteiger partial charge in [0.15, 0.2) is 5.71 Å². The van der Waals surface area contributed by atoms with Crippen molar-refractivity contribution in [2.24, 2.45) is 0 Å². The molecule has 18 heavy (non-hydrogen) atoms. The topological polar surface area (TPSA) is 3.01 Å². The molecule has 0 aliphatic carbocycles. The summed E-state index contributed by atoms with van der Waals surface area (Å²) in [4.78, 5) is 0. The van der Waals surface area contributed by atoms with E-state index in [2.05, 4.69) is 56.2 Å². The van der Waals surface area contributed by atoms with Crippen molar-refractivity contribution in [1.82, 2.24) is 0 Å². The first kappa shape index (κ1) is 13.1. The zero-order chi connectivity index (χ0) is 13.2. The molecule has 0 spiro atoms. The van der Waals surface area contributed by atoms with Crippen LogP contribution < -0.4 is 0 Å². The fraction of sp³-hybridized carbons (Fsp3) is 0.471. The van der Waals surface area contributed by atoms with E-state index in [1.807, 2.05) is 6.08 Å². The Morgan fingerprint density at radius 2 is 1.94 bits per heavy atom. The molecule has 0 saturated heterocycles. The molecule has 0 fully saturated rings. The van der Waals surface area contributed by atoms with Crippen LogP contribution in [0.1, 0.15) is 45.6 Å². The van der Waals surface area contributed by atoms with Gasteiger partial charge in [-0.2, -0.15) is 4.58 Å². The van der Waals surface area contributed by atoms with Crippen LogP contribution in [0.4, 0.5) is 5.69 Å². The summed E-state index contributed by atoms with van der Waals surface area (Å²) in [6.07, 6.45) is 5.60. The number of nitrogens with zero attached hydrogens (tertiary/aromatic N) is 1. The highest BCUT2D eigenvalue weighted by molar-refractivity contribution is 5.93. The van der Waals surface area contributed by atoms with Gasteiger partial charge in [-0.3, -0.25) is 0 Å². The van der Waals surface area contributed by atoms with Crippen molar-refractivity contribution < 1.29 is 4.58 Å². The highest BCUT2D eigenvalue weighted by Crippen LogP contribution is 2.39. The Morgan fingerprint density at radius 1 is 1.22 bits per heavy atom. The number of benzene rings is 1. The first-order valence-corrected chi connectivity index (χ1v) is 6.91. The second kappa shape index (κ2) is 5.09. The molecule has 0 saturated carbocycles. The molecular formula is C17H24N+. The molecule has 1 heterocycles. The lowest BCUT2D eigenvalue weighted by atomic mass is 9.82. The number of rotatable bonds is 5. The van der Waals surface area contributed by atoms with Crippen LogP contribution in [-0.2, 0) is 5.41 Å². The van der Waals surface area contributed by atoms with Gasteiger partial charge in [0, 0.05) is 25.0 Å². The molecule has 96 valence electrons. The zero-order valence-corrected chi connectivity index (χ0v) is 11.9.